The van der Waals surface area contributed by atoms with Crippen molar-refractivity contribution in [1.82, 2.24) is 5.32 Å². The van der Waals surface area contributed by atoms with E-state index in [1.165, 1.54) is 76.0 Å². The van der Waals surface area contributed by atoms with Crippen molar-refractivity contribution in [3.63, 3.8) is 0 Å². The van der Waals surface area contributed by atoms with Gasteiger partial charge in [0.15, 0.2) is 0 Å². The molecule has 4 N–H and O–H groups in total. The minimum Gasteiger partial charge on any atom is -0.356 e. The van der Waals surface area contributed by atoms with Gasteiger partial charge in [-0.3, -0.25) is 4.79 Å². The average molecular weight is 447 g/mol. The van der Waals surface area contributed by atoms with Gasteiger partial charge in [0.25, 0.3) is 0 Å². The number of amides is 1. The Labute approximate surface area is 186 Å². The Bertz CT molecular complexity index is 468. The Hall–Kier alpha value is -0.290. The van der Waals surface area contributed by atoms with Gasteiger partial charge in [-0.2, -0.15) is 5.26 Å². The Balaban J connectivity index is 3.77. The molecule has 7 heteroatoms. The van der Waals surface area contributed by atoms with Crippen LogP contribution in [0.5, 0.6) is 0 Å². The summed E-state index contributed by atoms with van der Waals surface area (Å²) in [7, 11) is 0. The minimum atomic E-state index is -0.635. The zero-order valence-corrected chi connectivity index (χ0v) is 20.3. The maximum absolute atomic E-state index is 11.7. The Morgan fingerprint density at radius 1 is 1.11 bits per heavy atom. The van der Waals surface area contributed by atoms with Crippen LogP contribution < -0.4 is 11.1 Å². The van der Waals surface area contributed by atoms with E-state index in [1.54, 1.807) is 11.8 Å². The number of carbonyl (C=O) groups excluding carboxylic acids is 1. The fourth-order valence-corrected chi connectivity index (χ4v) is 5.73. The number of thiocarbonyl (C=S) groups is 1. The normalized spacial score (nSPS) is 12.9. The lowest BCUT2D eigenvalue weighted by atomic mass is 10.1. The largest absolute Gasteiger partial charge is 0.356 e. The highest BCUT2D eigenvalue weighted by Crippen LogP contribution is 2.34. The third-order valence-corrected chi connectivity index (χ3v) is 7.44. The summed E-state index contributed by atoms with van der Waals surface area (Å²) in [6.45, 7) is 5.39. The number of thioether (sulfide) groups is 2. The molecule has 0 bridgehead atoms. The van der Waals surface area contributed by atoms with Crippen molar-refractivity contribution in [2.24, 2.45) is 0 Å². The lowest BCUT2D eigenvalue weighted by Crippen LogP contribution is -2.54. The summed E-state index contributed by atoms with van der Waals surface area (Å²) < 4.78 is 0.182. The van der Waals surface area contributed by atoms with Crippen molar-refractivity contribution >= 4 is 45.2 Å². The third-order valence-electron chi connectivity index (χ3n) is 4.59. The molecule has 0 aliphatic carbocycles. The van der Waals surface area contributed by atoms with Crippen LogP contribution in [0.4, 0.5) is 0 Å². The number of quaternary nitrogens is 1. The smallest absolute Gasteiger partial charge is 0.220 e. The van der Waals surface area contributed by atoms with Crippen LogP contribution in [0.15, 0.2) is 0 Å². The van der Waals surface area contributed by atoms with Crippen LogP contribution in [0.2, 0.25) is 0 Å². The summed E-state index contributed by atoms with van der Waals surface area (Å²) in [5.74, 6) is 1.00. The van der Waals surface area contributed by atoms with Gasteiger partial charge in [0.1, 0.15) is 8.28 Å². The van der Waals surface area contributed by atoms with Gasteiger partial charge in [-0.25, -0.2) is 0 Å². The molecule has 0 saturated heterocycles. The first-order chi connectivity index (χ1) is 13.5. The molecule has 1 unspecified atom stereocenters. The van der Waals surface area contributed by atoms with Crippen LogP contribution in [-0.4, -0.2) is 33.0 Å². The molecule has 0 aromatic carbocycles. The van der Waals surface area contributed by atoms with Crippen molar-refractivity contribution < 1.29 is 10.5 Å². The van der Waals surface area contributed by atoms with E-state index in [0.717, 1.165) is 9.28 Å². The molecule has 0 heterocycles. The molecule has 0 aliphatic heterocycles. The van der Waals surface area contributed by atoms with Gasteiger partial charge in [0.2, 0.25) is 5.91 Å². The summed E-state index contributed by atoms with van der Waals surface area (Å²) in [5.41, 5.74) is 3.70. The fourth-order valence-electron chi connectivity index (χ4n) is 2.76. The van der Waals surface area contributed by atoms with Crippen LogP contribution in [0.25, 0.3) is 0 Å². The lowest BCUT2D eigenvalue weighted by molar-refractivity contribution is -0.364. The number of nitrogens with zero attached hydrogens (tertiary/aromatic N) is 1. The second kappa shape index (κ2) is 18.7. The van der Waals surface area contributed by atoms with Crippen LogP contribution in [0.1, 0.15) is 90.9 Å². The number of nitrogens with one attached hydrogen (secondary N) is 1. The summed E-state index contributed by atoms with van der Waals surface area (Å²) >= 11 is 8.57. The standard InChI is InChI=1S/C21H39N3OS3/c1-3-4-5-6-7-8-9-10-11-12-17-27-20(26)28-21(2,18-23)14-13-19(25)24-16-15-22/h3-17,22H2,1-2H3,(H,24,25)/p+1. The Morgan fingerprint density at radius 2 is 1.68 bits per heavy atom. The van der Waals surface area contributed by atoms with Crippen molar-refractivity contribution in [3.8, 4) is 6.07 Å². The molecule has 0 aromatic rings. The van der Waals surface area contributed by atoms with E-state index < -0.39 is 4.75 Å². The highest BCUT2D eigenvalue weighted by atomic mass is 32.2. The first-order valence-corrected chi connectivity index (χ1v) is 13.0. The average Bonchev–Trinajstić information content (AvgIpc) is 2.69. The zero-order chi connectivity index (χ0) is 21.1. The predicted molar refractivity (Wildman–Crippen MR) is 129 cm³/mol. The summed E-state index contributed by atoms with van der Waals surface area (Å²) in [6, 6.07) is 2.33. The minimum absolute atomic E-state index is 0.0188. The molecule has 0 fully saturated rings. The highest BCUT2D eigenvalue weighted by molar-refractivity contribution is 8.47. The van der Waals surface area contributed by atoms with E-state index in [4.69, 9.17) is 12.2 Å². The second-order valence-electron chi connectivity index (χ2n) is 7.43. The predicted octanol–water partition coefficient (Wildman–Crippen LogP) is 5.08. The van der Waals surface area contributed by atoms with E-state index in [2.05, 4.69) is 24.0 Å². The van der Waals surface area contributed by atoms with Crippen LogP contribution >= 0.6 is 35.7 Å². The number of rotatable bonds is 17. The van der Waals surface area contributed by atoms with E-state index in [0.29, 0.717) is 25.9 Å². The second-order valence-corrected chi connectivity index (χ2v) is 11.2. The molecule has 0 spiro atoms. The molecule has 0 aromatic heterocycles. The molecule has 1 amide bonds. The number of hydrogen-bond acceptors (Lipinski definition) is 5. The van der Waals surface area contributed by atoms with Crippen LogP contribution in [-0.2, 0) is 4.79 Å². The van der Waals surface area contributed by atoms with Gasteiger partial charge in [-0.1, -0.05) is 88.7 Å². The number of nitriles is 1. The molecule has 28 heavy (non-hydrogen) atoms. The zero-order valence-electron chi connectivity index (χ0n) is 17.9. The summed E-state index contributed by atoms with van der Waals surface area (Å²) in [5, 5.41) is 12.3. The van der Waals surface area contributed by atoms with E-state index in [1.807, 2.05) is 6.92 Å². The van der Waals surface area contributed by atoms with Gasteiger partial charge in [0.05, 0.1) is 19.2 Å². The van der Waals surface area contributed by atoms with Crippen molar-refractivity contribution in [3.05, 3.63) is 0 Å². The number of unbranched alkanes of at least 4 members (excludes halogenated alkanes) is 9. The van der Waals surface area contributed by atoms with Gasteiger partial charge in [0, 0.05) is 6.42 Å². The maximum atomic E-state index is 11.7. The summed E-state index contributed by atoms with van der Waals surface area (Å²) in [6.07, 6.45) is 14.2. The summed E-state index contributed by atoms with van der Waals surface area (Å²) in [4.78, 5) is 11.7. The molecule has 1 atom stereocenters. The van der Waals surface area contributed by atoms with Gasteiger partial charge in [-0.15, -0.1) is 11.8 Å². The number of carbonyl (C=O) groups is 1. The maximum Gasteiger partial charge on any atom is 0.220 e. The highest BCUT2D eigenvalue weighted by Gasteiger charge is 2.27. The van der Waals surface area contributed by atoms with Crippen molar-refractivity contribution in [2.45, 2.75) is 95.6 Å². The molecule has 4 nitrogen and oxygen atoms in total. The van der Waals surface area contributed by atoms with Gasteiger partial charge < -0.3 is 11.1 Å². The Kier molecular flexibility index (Phi) is 18.5. The number of hydrogen-bond donors (Lipinski definition) is 2. The van der Waals surface area contributed by atoms with Crippen molar-refractivity contribution in [1.29, 1.82) is 5.26 Å². The van der Waals surface area contributed by atoms with Crippen LogP contribution in [0, 0.1) is 11.3 Å². The molecule has 0 rings (SSSR count). The lowest BCUT2D eigenvalue weighted by Gasteiger charge is -2.20. The fraction of sp³-hybridized carbons (Fsp3) is 0.857. The van der Waals surface area contributed by atoms with E-state index in [-0.39, 0.29) is 5.91 Å². The molecular formula is C21H40N3OS3+. The SMILES string of the molecule is CCCCCCCCCCCCSC(=S)SC(C)(C#N)CCC(=O)NCC[NH3+]. The quantitative estimate of drug-likeness (QED) is 0.240. The first kappa shape index (κ1) is 27.7. The molecule has 0 saturated carbocycles. The third kappa shape index (κ3) is 16.6. The van der Waals surface area contributed by atoms with Gasteiger partial charge >= 0.3 is 0 Å². The van der Waals surface area contributed by atoms with E-state index in [9.17, 15) is 10.1 Å². The Morgan fingerprint density at radius 3 is 2.21 bits per heavy atom. The molecule has 0 aliphatic rings. The van der Waals surface area contributed by atoms with Crippen LogP contribution in [0.3, 0.4) is 0 Å². The topological polar surface area (TPSA) is 80.5 Å². The first-order valence-electron chi connectivity index (χ1n) is 10.8. The van der Waals surface area contributed by atoms with E-state index >= 15 is 0 Å². The molecular weight excluding hydrogens is 406 g/mol. The van der Waals surface area contributed by atoms with Crippen molar-refractivity contribution in [2.75, 3.05) is 18.8 Å². The molecule has 0 radical (unpaired) electrons. The monoisotopic (exact) mass is 446 g/mol. The molecule has 162 valence electrons. The van der Waals surface area contributed by atoms with Gasteiger partial charge in [-0.05, 0) is 25.5 Å².